The molecule has 0 aliphatic heterocycles. The fraction of sp³-hybridized carbons (Fsp3) is 0.565. The fourth-order valence-electron chi connectivity index (χ4n) is 3.59. The maximum absolute atomic E-state index is 13.6. The predicted octanol–water partition coefficient (Wildman–Crippen LogP) is 5.42. The molecule has 0 amide bonds. The van der Waals surface area contributed by atoms with E-state index < -0.39 is 11.6 Å². The standard InChI is InChI=1S/C23H33F2N5OS/c1-4-11-32-23-29-21(27-10-9-15(5-2)31-6-3)20(26)22(30-23)28-19-13-16(19)14-7-8-17(24)18(25)12-14/h7-8,12,15-16,19H,4-6,9-11,13,26H2,1-3H3,(H2,27,28,29,30)/t15?,16-,19?/m0/s1. The highest BCUT2D eigenvalue weighted by Crippen LogP contribution is 2.44. The van der Waals surface area contributed by atoms with E-state index in [4.69, 9.17) is 10.5 Å². The third-order valence-corrected chi connectivity index (χ3v) is 6.51. The van der Waals surface area contributed by atoms with Gasteiger partial charge in [0, 0.05) is 30.9 Å². The van der Waals surface area contributed by atoms with Gasteiger partial charge in [-0.1, -0.05) is 31.7 Å². The van der Waals surface area contributed by atoms with E-state index in [2.05, 4.69) is 34.4 Å². The van der Waals surface area contributed by atoms with Gasteiger partial charge in [0.25, 0.3) is 0 Å². The summed E-state index contributed by atoms with van der Waals surface area (Å²) in [5, 5.41) is 7.39. The third kappa shape index (κ3) is 6.45. The Labute approximate surface area is 193 Å². The molecule has 0 saturated heterocycles. The predicted molar refractivity (Wildman–Crippen MR) is 127 cm³/mol. The van der Waals surface area contributed by atoms with Crippen LogP contribution in [-0.4, -0.2) is 41.0 Å². The number of nitrogen functional groups attached to an aromatic ring is 1. The Hall–Kier alpha value is -2.13. The molecule has 32 heavy (non-hydrogen) atoms. The van der Waals surface area contributed by atoms with Crippen LogP contribution in [-0.2, 0) is 4.74 Å². The molecule has 1 heterocycles. The Balaban J connectivity index is 1.70. The lowest BCUT2D eigenvalue weighted by molar-refractivity contribution is 0.0567. The monoisotopic (exact) mass is 465 g/mol. The highest BCUT2D eigenvalue weighted by molar-refractivity contribution is 7.99. The molecule has 176 valence electrons. The van der Waals surface area contributed by atoms with E-state index in [1.807, 2.05) is 6.92 Å². The van der Waals surface area contributed by atoms with Crippen molar-refractivity contribution in [2.75, 3.05) is 35.3 Å². The van der Waals surface area contributed by atoms with Gasteiger partial charge in [-0.25, -0.2) is 18.7 Å². The molecule has 9 heteroatoms. The molecule has 6 nitrogen and oxygen atoms in total. The summed E-state index contributed by atoms with van der Waals surface area (Å²) in [4.78, 5) is 9.23. The van der Waals surface area contributed by atoms with Crippen molar-refractivity contribution in [2.24, 2.45) is 0 Å². The first kappa shape index (κ1) is 24.5. The molecule has 4 N–H and O–H groups in total. The molecule has 3 rings (SSSR count). The average molecular weight is 466 g/mol. The minimum Gasteiger partial charge on any atom is -0.393 e. The zero-order valence-corrected chi connectivity index (χ0v) is 19.8. The lowest BCUT2D eigenvalue weighted by Crippen LogP contribution is -2.18. The molecule has 1 saturated carbocycles. The summed E-state index contributed by atoms with van der Waals surface area (Å²) in [6.45, 7) is 7.61. The van der Waals surface area contributed by atoms with Crippen LogP contribution >= 0.6 is 11.8 Å². The number of halogens is 2. The number of hydrogen-bond donors (Lipinski definition) is 3. The molecule has 2 unspecified atom stereocenters. The van der Waals surface area contributed by atoms with Gasteiger partial charge in [0.2, 0.25) is 0 Å². The summed E-state index contributed by atoms with van der Waals surface area (Å²) in [6.07, 6.45) is 3.82. The fourth-order valence-corrected chi connectivity index (χ4v) is 4.28. The van der Waals surface area contributed by atoms with Crippen LogP contribution in [0.15, 0.2) is 23.4 Å². The number of hydrogen-bond acceptors (Lipinski definition) is 7. The van der Waals surface area contributed by atoms with E-state index in [0.29, 0.717) is 35.6 Å². The first-order valence-corrected chi connectivity index (χ1v) is 12.3. The number of aromatic nitrogens is 2. The van der Waals surface area contributed by atoms with Gasteiger partial charge < -0.3 is 21.1 Å². The smallest absolute Gasteiger partial charge is 0.191 e. The number of nitrogens with two attached hydrogens (primary N) is 1. The van der Waals surface area contributed by atoms with Crippen LogP contribution in [0.25, 0.3) is 0 Å². The second-order valence-electron chi connectivity index (χ2n) is 7.93. The Morgan fingerprint density at radius 1 is 1.19 bits per heavy atom. The number of rotatable bonds is 13. The molecule has 0 radical (unpaired) electrons. The van der Waals surface area contributed by atoms with E-state index in [0.717, 1.165) is 37.0 Å². The van der Waals surface area contributed by atoms with Crippen LogP contribution in [0.1, 0.15) is 57.9 Å². The van der Waals surface area contributed by atoms with E-state index in [-0.39, 0.29) is 18.1 Å². The molecule has 1 aromatic heterocycles. The van der Waals surface area contributed by atoms with Crippen molar-refractivity contribution in [3.63, 3.8) is 0 Å². The average Bonchev–Trinajstić information content (AvgIpc) is 3.55. The topological polar surface area (TPSA) is 85.1 Å². The lowest BCUT2D eigenvalue weighted by Gasteiger charge is -2.17. The molecular weight excluding hydrogens is 432 g/mol. The maximum atomic E-state index is 13.6. The summed E-state index contributed by atoms with van der Waals surface area (Å²) in [5.41, 5.74) is 7.63. The molecule has 3 atom stereocenters. The van der Waals surface area contributed by atoms with E-state index in [9.17, 15) is 8.78 Å². The van der Waals surface area contributed by atoms with Crippen LogP contribution in [0.2, 0.25) is 0 Å². The molecular formula is C23H33F2N5OS. The normalized spacial score (nSPS) is 18.4. The van der Waals surface area contributed by atoms with Gasteiger partial charge in [0.05, 0.1) is 6.10 Å². The first-order chi connectivity index (χ1) is 15.5. The maximum Gasteiger partial charge on any atom is 0.191 e. The SMILES string of the molecule is CCCSc1nc(NCCC(CC)OCC)c(N)c(NC2C[C@H]2c2ccc(F)c(F)c2)n1. The minimum absolute atomic E-state index is 0.0661. The Kier molecular flexibility index (Phi) is 8.92. The number of ether oxygens (including phenoxy) is 1. The van der Waals surface area contributed by atoms with Gasteiger partial charge in [-0.05, 0) is 50.3 Å². The second kappa shape index (κ2) is 11.7. The van der Waals surface area contributed by atoms with E-state index >= 15 is 0 Å². The van der Waals surface area contributed by atoms with Crippen LogP contribution in [0, 0.1) is 11.6 Å². The summed E-state index contributed by atoms with van der Waals surface area (Å²) in [6, 6.07) is 4.14. The van der Waals surface area contributed by atoms with Crippen molar-refractivity contribution in [1.29, 1.82) is 0 Å². The van der Waals surface area contributed by atoms with E-state index in [1.165, 1.54) is 12.1 Å². The molecule has 1 aromatic carbocycles. The number of nitrogens with one attached hydrogen (secondary N) is 2. The Morgan fingerprint density at radius 3 is 2.66 bits per heavy atom. The van der Waals surface area contributed by atoms with Gasteiger partial charge in [0.15, 0.2) is 28.4 Å². The molecule has 0 bridgehead atoms. The number of anilines is 3. The molecule has 2 aromatic rings. The largest absolute Gasteiger partial charge is 0.393 e. The van der Waals surface area contributed by atoms with Gasteiger partial charge in [0.1, 0.15) is 5.69 Å². The van der Waals surface area contributed by atoms with Crippen LogP contribution < -0.4 is 16.4 Å². The highest BCUT2D eigenvalue weighted by Gasteiger charge is 2.39. The minimum atomic E-state index is -0.832. The lowest BCUT2D eigenvalue weighted by atomic mass is 10.1. The Morgan fingerprint density at radius 2 is 1.97 bits per heavy atom. The van der Waals surface area contributed by atoms with Gasteiger partial charge in [-0.3, -0.25) is 0 Å². The first-order valence-electron chi connectivity index (χ1n) is 11.3. The zero-order chi connectivity index (χ0) is 23.1. The van der Waals surface area contributed by atoms with Crippen molar-refractivity contribution in [3.8, 4) is 0 Å². The highest BCUT2D eigenvalue weighted by atomic mass is 32.2. The molecule has 1 aliphatic carbocycles. The van der Waals surface area contributed by atoms with Crippen molar-refractivity contribution >= 4 is 29.1 Å². The quantitative estimate of drug-likeness (QED) is 0.269. The van der Waals surface area contributed by atoms with Crippen LogP contribution in [0.5, 0.6) is 0 Å². The molecule has 0 spiro atoms. The van der Waals surface area contributed by atoms with Crippen molar-refractivity contribution in [1.82, 2.24) is 9.97 Å². The number of thioether (sulfide) groups is 1. The zero-order valence-electron chi connectivity index (χ0n) is 19.0. The molecule has 1 fully saturated rings. The van der Waals surface area contributed by atoms with E-state index in [1.54, 1.807) is 17.8 Å². The van der Waals surface area contributed by atoms with Gasteiger partial charge in [-0.15, -0.1) is 0 Å². The number of nitrogens with zero attached hydrogens (tertiary/aromatic N) is 2. The second-order valence-corrected chi connectivity index (χ2v) is 9.00. The summed E-state index contributed by atoms with van der Waals surface area (Å²) >= 11 is 1.58. The van der Waals surface area contributed by atoms with Crippen molar-refractivity contribution < 1.29 is 13.5 Å². The molecule has 1 aliphatic rings. The third-order valence-electron chi connectivity index (χ3n) is 5.46. The van der Waals surface area contributed by atoms with Crippen molar-refractivity contribution in [2.45, 2.75) is 69.7 Å². The van der Waals surface area contributed by atoms with Crippen LogP contribution in [0.3, 0.4) is 0 Å². The van der Waals surface area contributed by atoms with Crippen LogP contribution in [0.4, 0.5) is 26.1 Å². The number of benzene rings is 1. The summed E-state index contributed by atoms with van der Waals surface area (Å²) in [5.74, 6) is 0.537. The summed E-state index contributed by atoms with van der Waals surface area (Å²) < 4.78 is 32.6. The Bertz CT molecular complexity index is 901. The van der Waals surface area contributed by atoms with Crippen molar-refractivity contribution in [3.05, 3.63) is 35.4 Å². The van der Waals surface area contributed by atoms with Gasteiger partial charge >= 0.3 is 0 Å². The van der Waals surface area contributed by atoms with Gasteiger partial charge in [-0.2, -0.15) is 0 Å². The summed E-state index contributed by atoms with van der Waals surface area (Å²) in [7, 11) is 0.